The number of carbonyl (C=O) groups is 1. The molecule has 25 heavy (non-hydrogen) atoms. The van der Waals surface area contributed by atoms with Crippen molar-refractivity contribution in [3.63, 3.8) is 0 Å². The quantitative estimate of drug-likeness (QED) is 0.825. The summed E-state index contributed by atoms with van der Waals surface area (Å²) in [7, 11) is 1.69. The van der Waals surface area contributed by atoms with Crippen molar-refractivity contribution >= 4 is 17.5 Å². The van der Waals surface area contributed by atoms with Gasteiger partial charge in [-0.3, -0.25) is 4.79 Å². The Morgan fingerprint density at radius 1 is 1.40 bits per heavy atom. The predicted octanol–water partition coefficient (Wildman–Crippen LogP) is 2.74. The molecule has 0 unspecified atom stereocenters. The summed E-state index contributed by atoms with van der Waals surface area (Å²) >= 11 is 5.99. The first-order valence-corrected chi connectivity index (χ1v) is 8.70. The van der Waals surface area contributed by atoms with E-state index in [1.807, 2.05) is 12.1 Å². The maximum atomic E-state index is 12.4. The first kappa shape index (κ1) is 17.9. The third-order valence-electron chi connectivity index (χ3n) is 4.59. The second-order valence-corrected chi connectivity index (χ2v) is 6.89. The van der Waals surface area contributed by atoms with E-state index in [1.165, 1.54) is 0 Å². The number of hydrogen-bond donors (Lipinski definition) is 2. The zero-order chi connectivity index (χ0) is 17.7. The standard InChI is InChI=1S/C18H22ClN3O3/c1-24-12-18(5-7-20-8-6-18)11-21-17(23)16-10-15(22-25-16)13-3-2-4-14(19)9-13/h2-4,9-10,20H,5-8,11-12H2,1H3,(H,21,23). The third kappa shape index (κ3) is 4.39. The molecule has 2 heterocycles. The molecular weight excluding hydrogens is 342 g/mol. The summed E-state index contributed by atoms with van der Waals surface area (Å²) in [5.41, 5.74) is 1.36. The molecular formula is C18H22ClN3O3. The highest BCUT2D eigenvalue weighted by molar-refractivity contribution is 6.30. The van der Waals surface area contributed by atoms with Crippen LogP contribution in [0, 0.1) is 5.41 Å². The van der Waals surface area contributed by atoms with E-state index in [-0.39, 0.29) is 17.1 Å². The molecule has 3 rings (SSSR count). The minimum Gasteiger partial charge on any atom is -0.384 e. The summed E-state index contributed by atoms with van der Waals surface area (Å²) in [5.74, 6) is -0.0775. The number of aromatic nitrogens is 1. The van der Waals surface area contributed by atoms with Crippen molar-refractivity contribution in [3.8, 4) is 11.3 Å². The van der Waals surface area contributed by atoms with E-state index in [0.717, 1.165) is 31.5 Å². The van der Waals surface area contributed by atoms with E-state index in [9.17, 15) is 4.79 Å². The van der Waals surface area contributed by atoms with Gasteiger partial charge in [0.25, 0.3) is 5.91 Å². The van der Waals surface area contributed by atoms with Crippen LogP contribution in [0.3, 0.4) is 0 Å². The maximum absolute atomic E-state index is 12.4. The fourth-order valence-corrected chi connectivity index (χ4v) is 3.35. The molecule has 1 fully saturated rings. The molecule has 6 nitrogen and oxygen atoms in total. The van der Waals surface area contributed by atoms with Crippen LogP contribution in [0.1, 0.15) is 23.4 Å². The molecule has 1 aromatic carbocycles. The summed E-state index contributed by atoms with van der Waals surface area (Å²) in [4.78, 5) is 12.4. The molecule has 1 amide bonds. The number of methoxy groups -OCH3 is 1. The van der Waals surface area contributed by atoms with Gasteiger partial charge < -0.3 is 19.9 Å². The molecule has 2 N–H and O–H groups in total. The summed E-state index contributed by atoms with van der Waals surface area (Å²) in [6.07, 6.45) is 1.93. The summed E-state index contributed by atoms with van der Waals surface area (Å²) in [6.45, 7) is 3.04. The fraction of sp³-hybridized carbons (Fsp3) is 0.444. The Bertz CT molecular complexity index is 720. The van der Waals surface area contributed by atoms with Gasteiger partial charge in [0.2, 0.25) is 5.76 Å². The first-order valence-electron chi connectivity index (χ1n) is 8.32. The van der Waals surface area contributed by atoms with E-state index in [1.54, 1.807) is 25.3 Å². The Balaban J connectivity index is 1.65. The number of nitrogens with one attached hydrogen (secondary N) is 2. The van der Waals surface area contributed by atoms with Crippen molar-refractivity contribution in [1.82, 2.24) is 15.8 Å². The van der Waals surface area contributed by atoms with E-state index < -0.39 is 0 Å². The van der Waals surface area contributed by atoms with Crippen molar-refractivity contribution in [2.24, 2.45) is 5.41 Å². The predicted molar refractivity (Wildman–Crippen MR) is 95.7 cm³/mol. The molecule has 7 heteroatoms. The summed E-state index contributed by atoms with van der Waals surface area (Å²) < 4.78 is 10.6. The van der Waals surface area contributed by atoms with Crippen molar-refractivity contribution in [3.05, 3.63) is 41.1 Å². The number of carbonyl (C=O) groups excluding carboxylic acids is 1. The number of nitrogens with zero attached hydrogens (tertiary/aromatic N) is 1. The van der Waals surface area contributed by atoms with Crippen molar-refractivity contribution in [2.45, 2.75) is 12.8 Å². The van der Waals surface area contributed by atoms with E-state index in [0.29, 0.717) is 23.9 Å². The van der Waals surface area contributed by atoms with Gasteiger partial charge >= 0.3 is 0 Å². The minimum atomic E-state index is -0.269. The van der Waals surface area contributed by atoms with Crippen molar-refractivity contribution in [2.75, 3.05) is 33.4 Å². The molecule has 134 valence electrons. The van der Waals surface area contributed by atoms with Gasteiger partial charge in [-0.1, -0.05) is 28.9 Å². The van der Waals surface area contributed by atoms with E-state index in [4.69, 9.17) is 20.9 Å². The number of ether oxygens (including phenoxy) is 1. The average Bonchev–Trinajstić information content (AvgIpc) is 3.11. The molecule has 0 bridgehead atoms. The van der Waals surface area contributed by atoms with Crippen molar-refractivity contribution < 1.29 is 14.1 Å². The second-order valence-electron chi connectivity index (χ2n) is 6.45. The van der Waals surface area contributed by atoms with Gasteiger partial charge in [0.15, 0.2) is 0 Å². The highest BCUT2D eigenvalue weighted by Crippen LogP contribution is 2.28. The van der Waals surface area contributed by atoms with Gasteiger partial charge in [-0.25, -0.2) is 0 Å². The maximum Gasteiger partial charge on any atom is 0.289 e. The minimum absolute atomic E-state index is 0.0362. The lowest BCUT2D eigenvalue weighted by Crippen LogP contribution is -2.47. The highest BCUT2D eigenvalue weighted by atomic mass is 35.5. The van der Waals surface area contributed by atoms with E-state index >= 15 is 0 Å². The zero-order valence-corrected chi connectivity index (χ0v) is 14.9. The smallest absolute Gasteiger partial charge is 0.289 e. The number of amides is 1. The number of hydrogen-bond acceptors (Lipinski definition) is 5. The van der Waals surface area contributed by atoms with Crippen LogP contribution in [-0.2, 0) is 4.74 Å². The van der Waals surface area contributed by atoms with Gasteiger partial charge in [-0.2, -0.15) is 0 Å². The Morgan fingerprint density at radius 3 is 2.92 bits per heavy atom. The summed E-state index contributed by atoms with van der Waals surface area (Å²) in [6, 6.07) is 8.90. The first-order chi connectivity index (χ1) is 12.1. The number of rotatable bonds is 6. The molecule has 2 aromatic rings. The molecule has 0 radical (unpaired) electrons. The Labute approximate surface area is 151 Å². The highest BCUT2D eigenvalue weighted by Gasteiger charge is 2.33. The average molecular weight is 364 g/mol. The monoisotopic (exact) mass is 363 g/mol. The SMILES string of the molecule is COCC1(CNC(=O)c2cc(-c3cccc(Cl)c3)no2)CCNCC1. The molecule has 1 aromatic heterocycles. The van der Waals surface area contributed by atoms with Gasteiger partial charge in [-0.15, -0.1) is 0 Å². The fourth-order valence-electron chi connectivity index (χ4n) is 3.16. The topological polar surface area (TPSA) is 76.4 Å². The lowest BCUT2D eigenvalue weighted by Gasteiger charge is -2.37. The molecule has 0 spiro atoms. The van der Waals surface area contributed by atoms with Gasteiger partial charge in [0, 0.05) is 35.7 Å². The second kappa shape index (κ2) is 7.99. The molecule has 0 saturated carbocycles. The van der Waals surface area contributed by atoms with Gasteiger partial charge in [0.1, 0.15) is 5.69 Å². The third-order valence-corrected chi connectivity index (χ3v) is 4.83. The lowest BCUT2D eigenvalue weighted by atomic mass is 9.79. The normalized spacial score (nSPS) is 16.6. The molecule has 1 aliphatic rings. The Kier molecular flexibility index (Phi) is 5.73. The zero-order valence-electron chi connectivity index (χ0n) is 14.2. The van der Waals surface area contributed by atoms with E-state index in [2.05, 4.69) is 15.8 Å². The largest absolute Gasteiger partial charge is 0.384 e. The van der Waals surface area contributed by atoms with Crippen LogP contribution in [0.15, 0.2) is 34.9 Å². The number of piperidine rings is 1. The molecule has 1 saturated heterocycles. The van der Waals surface area contributed by atoms with Crippen molar-refractivity contribution in [1.29, 1.82) is 0 Å². The van der Waals surface area contributed by atoms with Crippen LogP contribution in [0.2, 0.25) is 5.02 Å². The number of halogens is 1. The molecule has 1 aliphatic heterocycles. The van der Waals surface area contributed by atoms with Crippen LogP contribution in [-0.4, -0.2) is 44.4 Å². The van der Waals surface area contributed by atoms with Crippen LogP contribution in [0.25, 0.3) is 11.3 Å². The van der Waals surface area contributed by atoms with Crippen LogP contribution >= 0.6 is 11.6 Å². The lowest BCUT2D eigenvalue weighted by molar-refractivity contribution is 0.0504. The van der Waals surface area contributed by atoms with Gasteiger partial charge in [0.05, 0.1) is 6.61 Å². The molecule has 0 atom stereocenters. The van der Waals surface area contributed by atoms with Crippen LogP contribution in [0.4, 0.5) is 0 Å². The molecule has 0 aliphatic carbocycles. The number of benzene rings is 1. The van der Waals surface area contributed by atoms with Gasteiger partial charge in [-0.05, 0) is 38.1 Å². The van der Waals surface area contributed by atoms with Crippen LogP contribution in [0.5, 0.6) is 0 Å². The Hall–Kier alpha value is -1.89. The summed E-state index contributed by atoms with van der Waals surface area (Å²) in [5, 5.41) is 10.9. The Morgan fingerprint density at radius 2 is 2.20 bits per heavy atom. The van der Waals surface area contributed by atoms with Crippen LogP contribution < -0.4 is 10.6 Å².